The number of carboxylic acids is 1. The maximum Gasteiger partial charge on any atom is 0.303 e. The van der Waals surface area contributed by atoms with Gasteiger partial charge in [-0.05, 0) is 18.8 Å². The zero-order valence-corrected chi connectivity index (χ0v) is 7.81. The van der Waals surface area contributed by atoms with Gasteiger partial charge in [0.05, 0.1) is 6.67 Å². The molecular weight excluding hydrogens is 215 g/mol. The number of hydrogen-bond acceptors (Lipinski definition) is 1. The van der Waals surface area contributed by atoms with Crippen LogP contribution in [0.15, 0.2) is 0 Å². The van der Waals surface area contributed by atoms with Gasteiger partial charge in [0.1, 0.15) is 0 Å². The monoisotopic (exact) mass is 226 g/mol. The Kier molecular flexibility index (Phi) is 6.51. The van der Waals surface area contributed by atoms with Crippen molar-refractivity contribution in [1.29, 1.82) is 0 Å². The van der Waals surface area contributed by atoms with Crippen LogP contribution in [0.25, 0.3) is 0 Å². The largest absolute Gasteiger partial charge is 0.481 e. The van der Waals surface area contributed by atoms with Crippen LogP contribution < -0.4 is 0 Å². The molecule has 0 aromatic heterocycles. The second-order valence-corrected chi connectivity index (χ2v) is 3.10. The van der Waals surface area contributed by atoms with Crippen LogP contribution in [-0.4, -0.2) is 23.1 Å². The molecule has 4 heteroatoms. The van der Waals surface area contributed by atoms with Gasteiger partial charge in [-0.3, -0.25) is 9.18 Å². The third kappa shape index (κ3) is 6.28. The Morgan fingerprint density at radius 3 is 2.64 bits per heavy atom. The average Bonchev–Trinajstić information content (AvgIpc) is 1.97. The summed E-state index contributed by atoms with van der Waals surface area (Å²) in [5.41, 5.74) is 0. The number of alkyl halides is 2. The molecule has 0 aliphatic carbocycles. The van der Waals surface area contributed by atoms with E-state index in [1.807, 2.05) is 0 Å². The maximum absolute atomic E-state index is 11.7. The quantitative estimate of drug-likeness (QED) is 0.706. The number of carboxylic acid groups (broad SMARTS) is 1. The first-order valence-electron chi connectivity index (χ1n) is 3.54. The van der Waals surface area contributed by atoms with Gasteiger partial charge in [-0.15, -0.1) is 0 Å². The molecule has 1 atom stereocenters. The summed E-state index contributed by atoms with van der Waals surface area (Å²) >= 11 is 3.19. The first kappa shape index (κ1) is 10.9. The second-order valence-electron chi connectivity index (χ2n) is 2.45. The summed E-state index contributed by atoms with van der Waals surface area (Å²) in [7, 11) is 0. The van der Waals surface area contributed by atoms with Crippen LogP contribution in [0.2, 0.25) is 0 Å². The number of rotatable bonds is 6. The minimum absolute atomic E-state index is 0.0725. The van der Waals surface area contributed by atoms with Crippen LogP contribution in [0.4, 0.5) is 4.39 Å². The lowest BCUT2D eigenvalue weighted by Crippen LogP contribution is -2.09. The van der Waals surface area contributed by atoms with Gasteiger partial charge in [0.2, 0.25) is 0 Å². The van der Waals surface area contributed by atoms with Crippen molar-refractivity contribution in [3.05, 3.63) is 0 Å². The Labute approximate surface area is 73.9 Å². The van der Waals surface area contributed by atoms with Crippen molar-refractivity contribution in [3.8, 4) is 0 Å². The molecule has 0 unspecified atom stereocenters. The maximum atomic E-state index is 11.7. The highest BCUT2D eigenvalue weighted by Gasteiger charge is 2.10. The Morgan fingerprint density at radius 2 is 2.27 bits per heavy atom. The Hall–Kier alpha value is -0.120. The van der Waals surface area contributed by atoms with Gasteiger partial charge >= 0.3 is 5.97 Å². The van der Waals surface area contributed by atoms with E-state index in [-0.39, 0.29) is 19.0 Å². The fourth-order valence-corrected chi connectivity index (χ4v) is 1.40. The SMILES string of the molecule is O=C(O)C[C@H](CBr)CCCF. The summed E-state index contributed by atoms with van der Waals surface area (Å²) in [6, 6.07) is 0. The lowest BCUT2D eigenvalue weighted by Gasteiger charge is -2.08. The molecule has 0 heterocycles. The molecule has 0 radical (unpaired) electrons. The van der Waals surface area contributed by atoms with Gasteiger partial charge in [-0.25, -0.2) is 0 Å². The highest BCUT2D eigenvalue weighted by Crippen LogP contribution is 2.13. The van der Waals surface area contributed by atoms with E-state index in [4.69, 9.17) is 5.11 Å². The molecule has 0 saturated heterocycles. The van der Waals surface area contributed by atoms with E-state index in [9.17, 15) is 9.18 Å². The van der Waals surface area contributed by atoms with Crippen molar-refractivity contribution >= 4 is 21.9 Å². The summed E-state index contributed by atoms with van der Waals surface area (Å²) in [5, 5.41) is 9.04. The lowest BCUT2D eigenvalue weighted by molar-refractivity contribution is -0.137. The van der Waals surface area contributed by atoms with Crippen molar-refractivity contribution in [3.63, 3.8) is 0 Å². The van der Waals surface area contributed by atoms with Crippen molar-refractivity contribution in [2.75, 3.05) is 12.0 Å². The van der Waals surface area contributed by atoms with E-state index in [1.165, 1.54) is 0 Å². The third-order valence-electron chi connectivity index (χ3n) is 1.43. The van der Waals surface area contributed by atoms with Crippen molar-refractivity contribution < 1.29 is 14.3 Å². The van der Waals surface area contributed by atoms with Gasteiger partial charge in [0.15, 0.2) is 0 Å². The Balaban J connectivity index is 3.49. The second kappa shape index (κ2) is 6.58. The molecule has 0 aliphatic rings. The van der Waals surface area contributed by atoms with E-state index in [0.29, 0.717) is 18.2 Å². The summed E-state index contributed by atoms with van der Waals surface area (Å²) in [6.45, 7) is -0.358. The number of aliphatic carboxylic acids is 1. The van der Waals surface area contributed by atoms with E-state index in [1.54, 1.807) is 0 Å². The fourth-order valence-electron chi connectivity index (χ4n) is 0.847. The van der Waals surface area contributed by atoms with Gasteiger partial charge in [0, 0.05) is 11.8 Å². The van der Waals surface area contributed by atoms with Crippen LogP contribution in [0, 0.1) is 5.92 Å². The molecule has 0 saturated carbocycles. The minimum atomic E-state index is -0.812. The summed E-state index contributed by atoms with van der Waals surface area (Å²) in [4.78, 5) is 10.2. The fraction of sp³-hybridized carbons (Fsp3) is 0.857. The number of hydrogen-bond donors (Lipinski definition) is 1. The zero-order chi connectivity index (χ0) is 8.69. The molecule has 66 valence electrons. The van der Waals surface area contributed by atoms with Crippen LogP contribution >= 0.6 is 15.9 Å². The summed E-state index contributed by atoms with van der Waals surface area (Å²) < 4.78 is 11.7. The normalized spacial score (nSPS) is 12.9. The molecule has 0 rings (SSSR count). The molecule has 1 N–H and O–H groups in total. The molecule has 0 spiro atoms. The van der Waals surface area contributed by atoms with E-state index < -0.39 is 5.97 Å². The lowest BCUT2D eigenvalue weighted by atomic mass is 10.0. The third-order valence-corrected chi connectivity index (χ3v) is 2.34. The van der Waals surface area contributed by atoms with Crippen LogP contribution in [0.3, 0.4) is 0 Å². The first-order chi connectivity index (χ1) is 5.20. The summed E-state index contributed by atoms with van der Waals surface area (Å²) in [5.74, 6) is -0.739. The number of halogens is 2. The Morgan fingerprint density at radius 1 is 1.64 bits per heavy atom. The molecule has 0 bridgehead atoms. The van der Waals surface area contributed by atoms with E-state index in [2.05, 4.69) is 15.9 Å². The highest BCUT2D eigenvalue weighted by molar-refractivity contribution is 9.09. The van der Waals surface area contributed by atoms with Crippen LogP contribution in [0.1, 0.15) is 19.3 Å². The molecule has 2 nitrogen and oxygen atoms in total. The molecule has 0 fully saturated rings. The molecule has 0 aromatic carbocycles. The molecule has 0 aliphatic heterocycles. The molecule has 0 amide bonds. The highest BCUT2D eigenvalue weighted by atomic mass is 79.9. The van der Waals surface area contributed by atoms with E-state index in [0.717, 1.165) is 0 Å². The minimum Gasteiger partial charge on any atom is -0.481 e. The predicted molar refractivity (Wildman–Crippen MR) is 44.7 cm³/mol. The van der Waals surface area contributed by atoms with Crippen LogP contribution in [-0.2, 0) is 4.79 Å². The van der Waals surface area contributed by atoms with Crippen molar-refractivity contribution in [2.45, 2.75) is 19.3 Å². The molecule has 0 aromatic rings. The van der Waals surface area contributed by atoms with Gasteiger partial charge in [0.25, 0.3) is 0 Å². The van der Waals surface area contributed by atoms with Crippen molar-refractivity contribution in [1.82, 2.24) is 0 Å². The topological polar surface area (TPSA) is 37.3 Å². The van der Waals surface area contributed by atoms with Crippen LogP contribution in [0.5, 0.6) is 0 Å². The first-order valence-corrected chi connectivity index (χ1v) is 4.66. The van der Waals surface area contributed by atoms with E-state index >= 15 is 0 Å². The smallest absolute Gasteiger partial charge is 0.303 e. The van der Waals surface area contributed by atoms with Gasteiger partial charge < -0.3 is 5.11 Å². The molecular formula is C7H12BrFO2. The van der Waals surface area contributed by atoms with Gasteiger partial charge in [-0.1, -0.05) is 15.9 Å². The van der Waals surface area contributed by atoms with Gasteiger partial charge in [-0.2, -0.15) is 0 Å². The summed E-state index contributed by atoms with van der Waals surface area (Å²) in [6.07, 6.45) is 1.24. The average molecular weight is 227 g/mol. The van der Waals surface area contributed by atoms with Crippen molar-refractivity contribution in [2.24, 2.45) is 5.92 Å². The predicted octanol–water partition coefficient (Wildman–Crippen LogP) is 2.22. The zero-order valence-electron chi connectivity index (χ0n) is 6.22. The Bertz CT molecular complexity index is 119. The molecule has 11 heavy (non-hydrogen) atoms. The number of carbonyl (C=O) groups is 1. The standard InChI is InChI=1S/C7H12BrFO2/c8-5-6(2-1-3-9)4-7(10)11/h6H,1-5H2,(H,10,11)/t6-/m1/s1.